The van der Waals surface area contributed by atoms with Gasteiger partial charge in [-0.2, -0.15) is 14.2 Å². The van der Waals surface area contributed by atoms with Gasteiger partial charge in [0.1, 0.15) is 0 Å². The Kier molecular flexibility index (Phi) is 9.07. The molecule has 168 valence electrons. The highest BCUT2D eigenvalue weighted by Gasteiger charge is 2.43. The Balaban J connectivity index is 3.32. The first-order valence-corrected chi connectivity index (χ1v) is 12.9. The molecular formula is C11H24F3N5O6S3. The standard InChI is InChI=1S/C11H24F3N5O6S3/c12-7-26(20,21)16-11(17-27(22,23)8-13,18-28(24,25)9-14)6-19-3-1-10(5-15)2-4-19/h10,16-18H,1-9,15H2. The summed E-state index contributed by atoms with van der Waals surface area (Å²) >= 11 is 0. The van der Waals surface area contributed by atoms with Gasteiger partial charge in [-0.1, -0.05) is 0 Å². The Morgan fingerprint density at radius 1 is 0.821 bits per heavy atom. The molecule has 5 N–H and O–H groups in total. The highest BCUT2D eigenvalue weighted by atomic mass is 32.2. The van der Waals surface area contributed by atoms with Gasteiger partial charge in [-0.3, -0.25) is 4.90 Å². The zero-order chi connectivity index (χ0) is 21.6. The molecule has 0 unspecified atom stereocenters. The summed E-state index contributed by atoms with van der Waals surface area (Å²) in [6.07, 6.45) is 1.07. The summed E-state index contributed by atoms with van der Waals surface area (Å²) in [4.78, 5) is 1.45. The van der Waals surface area contributed by atoms with Crippen LogP contribution < -0.4 is 19.9 Å². The first-order chi connectivity index (χ1) is 12.8. The Bertz CT molecular complexity index is 727. The quantitative estimate of drug-likeness (QED) is 0.232. The summed E-state index contributed by atoms with van der Waals surface area (Å²) in [5, 5.41) is 0. The van der Waals surface area contributed by atoms with Gasteiger partial charge in [-0.15, -0.1) is 0 Å². The monoisotopic (exact) mass is 475 g/mol. The van der Waals surface area contributed by atoms with Crippen molar-refractivity contribution in [2.75, 3.05) is 44.2 Å². The van der Waals surface area contributed by atoms with E-state index in [0.717, 1.165) is 0 Å². The third kappa shape index (κ3) is 8.05. The molecule has 28 heavy (non-hydrogen) atoms. The summed E-state index contributed by atoms with van der Waals surface area (Å²) in [6.45, 7) is 0.212. The fourth-order valence-electron chi connectivity index (χ4n) is 2.75. The van der Waals surface area contributed by atoms with Crippen molar-refractivity contribution in [2.45, 2.75) is 18.6 Å². The molecule has 0 spiro atoms. The smallest absolute Gasteiger partial charge is 0.243 e. The SMILES string of the molecule is NCC1CCN(CC(NS(=O)(=O)CF)(NS(=O)(=O)CF)NS(=O)(=O)CF)CC1. The van der Waals surface area contributed by atoms with E-state index in [1.807, 2.05) is 0 Å². The summed E-state index contributed by atoms with van der Waals surface area (Å²) in [7, 11) is -14.6. The van der Waals surface area contributed by atoms with E-state index >= 15 is 0 Å². The maximum atomic E-state index is 12.8. The number of nitrogens with zero attached hydrogens (tertiary/aromatic N) is 1. The molecule has 1 saturated heterocycles. The second-order valence-corrected chi connectivity index (χ2v) is 11.3. The van der Waals surface area contributed by atoms with Crippen molar-refractivity contribution in [3.63, 3.8) is 0 Å². The molecule has 1 rings (SSSR count). The minimum absolute atomic E-state index is 0.151. The van der Waals surface area contributed by atoms with Crippen LogP contribution in [-0.4, -0.2) is 80.1 Å². The minimum atomic E-state index is -4.87. The van der Waals surface area contributed by atoms with Gasteiger partial charge in [0.2, 0.25) is 48.1 Å². The molecule has 0 aromatic carbocycles. The predicted octanol–water partition coefficient (Wildman–Crippen LogP) is -2.15. The zero-order valence-electron chi connectivity index (χ0n) is 14.8. The van der Waals surface area contributed by atoms with Gasteiger partial charge in [0, 0.05) is 6.54 Å². The lowest BCUT2D eigenvalue weighted by atomic mass is 9.97. The molecule has 1 heterocycles. The Morgan fingerprint density at radius 2 is 1.18 bits per heavy atom. The van der Waals surface area contributed by atoms with Gasteiger partial charge >= 0.3 is 0 Å². The number of alkyl halides is 3. The van der Waals surface area contributed by atoms with Crippen LogP contribution in [0, 0.1) is 5.92 Å². The summed E-state index contributed by atoms with van der Waals surface area (Å²) in [5.41, 5.74) is 5.56. The third-order valence-electron chi connectivity index (χ3n) is 3.92. The van der Waals surface area contributed by atoms with Crippen LogP contribution in [0.5, 0.6) is 0 Å². The van der Waals surface area contributed by atoms with Crippen molar-refractivity contribution in [3.05, 3.63) is 0 Å². The maximum absolute atomic E-state index is 12.8. The maximum Gasteiger partial charge on any atom is 0.243 e. The number of sulfonamides is 3. The average molecular weight is 476 g/mol. The van der Waals surface area contributed by atoms with Crippen molar-refractivity contribution in [2.24, 2.45) is 11.7 Å². The molecule has 0 bridgehead atoms. The largest absolute Gasteiger partial charge is 0.330 e. The zero-order valence-corrected chi connectivity index (χ0v) is 17.2. The number of piperidine rings is 1. The first-order valence-electron chi connectivity index (χ1n) is 7.97. The van der Waals surface area contributed by atoms with E-state index in [0.29, 0.717) is 19.4 Å². The Morgan fingerprint density at radius 3 is 1.46 bits per heavy atom. The molecule has 0 atom stereocenters. The Hall–Kier alpha value is -0.560. The number of likely N-dealkylation sites (tertiary alicyclic amines) is 1. The van der Waals surface area contributed by atoms with Crippen LogP contribution in [0.4, 0.5) is 13.2 Å². The second kappa shape index (κ2) is 9.96. The van der Waals surface area contributed by atoms with Crippen molar-refractivity contribution in [1.29, 1.82) is 0 Å². The molecule has 0 aromatic heterocycles. The molecule has 11 nitrogen and oxygen atoms in total. The van der Waals surface area contributed by atoms with Crippen molar-refractivity contribution >= 4 is 30.1 Å². The number of nitrogens with two attached hydrogens (primary N) is 1. The normalized spacial score (nSPS) is 18.4. The van der Waals surface area contributed by atoms with Crippen molar-refractivity contribution in [3.8, 4) is 0 Å². The van der Waals surface area contributed by atoms with Gasteiger partial charge in [0.05, 0.1) is 0 Å². The molecule has 17 heteroatoms. The Labute approximate surface area is 162 Å². The average Bonchev–Trinajstić information content (AvgIpc) is 2.61. The van der Waals surface area contributed by atoms with Crippen LogP contribution in [0.25, 0.3) is 0 Å². The molecule has 0 saturated carbocycles. The van der Waals surface area contributed by atoms with Gasteiger partial charge in [0.15, 0.2) is 5.79 Å². The highest BCUT2D eigenvalue weighted by molar-refractivity contribution is 7.91. The molecule has 0 aliphatic carbocycles. The molecular weight excluding hydrogens is 451 g/mol. The van der Waals surface area contributed by atoms with E-state index in [4.69, 9.17) is 5.73 Å². The van der Waals surface area contributed by atoms with E-state index in [2.05, 4.69) is 0 Å². The highest BCUT2D eigenvalue weighted by Crippen LogP contribution is 2.18. The minimum Gasteiger partial charge on any atom is -0.330 e. The van der Waals surface area contributed by atoms with Crippen LogP contribution in [0.1, 0.15) is 12.8 Å². The molecule has 0 aromatic rings. The van der Waals surface area contributed by atoms with Crippen LogP contribution >= 0.6 is 0 Å². The lowest BCUT2D eigenvalue weighted by molar-refractivity contribution is 0.131. The van der Waals surface area contributed by atoms with E-state index in [9.17, 15) is 38.4 Å². The van der Waals surface area contributed by atoms with Crippen molar-refractivity contribution < 1.29 is 38.4 Å². The van der Waals surface area contributed by atoms with Gasteiger partial charge < -0.3 is 5.73 Å². The van der Waals surface area contributed by atoms with Gasteiger partial charge in [-0.25, -0.2) is 38.4 Å². The number of hydrogen-bond donors (Lipinski definition) is 4. The first kappa shape index (κ1) is 25.5. The summed E-state index contributed by atoms with van der Waals surface area (Å²) in [5.74, 6) is -2.69. The number of hydrogen-bond acceptors (Lipinski definition) is 8. The molecule has 1 fully saturated rings. The van der Waals surface area contributed by atoms with Gasteiger partial charge in [0.25, 0.3) is 0 Å². The second-order valence-electron chi connectivity index (χ2n) is 6.34. The van der Waals surface area contributed by atoms with Crippen LogP contribution in [0.15, 0.2) is 0 Å². The lowest BCUT2D eigenvalue weighted by Gasteiger charge is -2.40. The van der Waals surface area contributed by atoms with E-state index in [1.54, 1.807) is 0 Å². The van der Waals surface area contributed by atoms with E-state index < -0.39 is 60.4 Å². The van der Waals surface area contributed by atoms with Gasteiger partial charge in [-0.05, 0) is 38.4 Å². The number of halogens is 3. The third-order valence-corrected chi connectivity index (χ3v) is 6.76. The van der Waals surface area contributed by atoms with Crippen LogP contribution in [-0.2, 0) is 30.1 Å². The predicted molar refractivity (Wildman–Crippen MR) is 95.0 cm³/mol. The topological polar surface area (TPSA) is 168 Å². The number of rotatable bonds is 12. The molecule has 0 amide bonds. The van der Waals surface area contributed by atoms with Crippen LogP contribution in [0.2, 0.25) is 0 Å². The lowest BCUT2D eigenvalue weighted by Crippen LogP contribution is -2.74. The molecule has 1 aliphatic heterocycles. The van der Waals surface area contributed by atoms with Crippen molar-refractivity contribution in [1.82, 2.24) is 19.1 Å². The molecule has 0 radical (unpaired) electrons. The number of nitrogens with one attached hydrogen (secondary N) is 3. The fraction of sp³-hybridized carbons (Fsp3) is 1.00. The van der Waals surface area contributed by atoms with E-state index in [1.165, 1.54) is 19.1 Å². The summed E-state index contributed by atoms with van der Waals surface area (Å²) in [6, 6.07) is -6.09. The van der Waals surface area contributed by atoms with E-state index in [-0.39, 0.29) is 19.0 Å². The van der Waals surface area contributed by atoms with Crippen LogP contribution in [0.3, 0.4) is 0 Å². The summed E-state index contributed by atoms with van der Waals surface area (Å²) < 4.78 is 113. The fourth-order valence-corrected chi connectivity index (χ4v) is 5.20. The molecule has 1 aliphatic rings.